The van der Waals surface area contributed by atoms with Crippen LogP contribution in [0.2, 0.25) is 0 Å². The van der Waals surface area contributed by atoms with Gasteiger partial charge in [-0.25, -0.2) is 9.37 Å². The molecule has 0 spiro atoms. The van der Waals surface area contributed by atoms with E-state index in [2.05, 4.69) is 22.1 Å². The van der Waals surface area contributed by atoms with Gasteiger partial charge < -0.3 is 9.73 Å². The molecule has 1 aromatic heterocycles. The summed E-state index contributed by atoms with van der Waals surface area (Å²) in [7, 11) is 0. The molecule has 0 bridgehead atoms. The van der Waals surface area contributed by atoms with E-state index < -0.39 is 0 Å². The van der Waals surface area contributed by atoms with Crippen LogP contribution >= 0.6 is 0 Å². The largest absolute Gasteiger partial charge is 0.439 e. The zero-order valence-electron chi connectivity index (χ0n) is 11.5. The number of aromatic nitrogens is 1. The SMILES string of the molecule is CCN(Cc1ncc(-c2ccc(F)cc2)o1)C1CNC1. The molecule has 1 aliphatic rings. The smallest absolute Gasteiger partial charge is 0.209 e. The molecule has 106 valence electrons. The molecule has 0 aliphatic carbocycles. The van der Waals surface area contributed by atoms with Crippen molar-refractivity contribution in [3.05, 3.63) is 42.2 Å². The molecule has 0 atom stereocenters. The summed E-state index contributed by atoms with van der Waals surface area (Å²) in [6.07, 6.45) is 1.70. The average Bonchev–Trinajstić information content (AvgIpc) is 2.85. The van der Waals surface area contributed by atoms with Crippen LogP contribution in [0.3, 0.4) is 0 Å². The summed E-state index contributed by atoms with van der Waals surface area (Å²) in [5.41, 5.74) is 0.846. The highest BCUT2D eigenvalue weighted by Gasteiger charge is 2.24. The maximum absolute atomic E-state index is 12.9. The standard InChI is InChI=1S/C15H18FN3O/c1-2-19(13-7-17-8-13)10-15-18-9-14(20-15)11-3-5-12(16)6-4-11/h3-6,9,13,17H,2,7-8,10H2,1H3. The van der Waals surface area contributed by atoms with Gasteiger partial charge in [-0.3, -0.25) is 4.90 Å². The Morgan fingerprint density at radius 1 is 1.35 bits per heavy atom. The van der Waals surface area contributed by atoms with Gasteiger partial charge in [0.15, 0.2) is 5.76 Å². The average molecular weight is 275 g/mol. The Balaban J connectivity index is 1.71. The van der Waals surface area contributed by atoms with Crippen molar-refractivity contribution in [1.29, 1.82) is 0 Å². The molecule has 1 aromatic carbocycles. The lowest BCUT2D eigenvalue weighted by Crippen LogP contribution is -2.56. The molecule has 0 unspecified atom stereocenters. The predicted molar refractivity (Wildman–Crippen MR) is 74.6 cm³/mol. The molecule has 3 rings (SSSR count). The van der Waals surface area contributed by atoms with Crippen molar-refractivity contribution in [3.63, 3.8) is 0 Å². The van der Waals surface area contributed by atoms with Crippen LogP contribution in [-0.4, -0.2) is 35.6 Å². The van der Waals surface area contributed by atoms with Crippen molar-refractivity contribution in [3.8, 4) is 11.3 Å². The Morgan fingerprint density at radius 2 is 2.10 bits per heavy atom. The highest BCUT2D eigenvalue weighted by molar-refractivity contribution is 5.55. The summed E-state index contributed by atoms with van der Waals surface area (Å²) in [5.74, 6) is 1.14. The molecule has 2 aromatic rings. The van der Waals surface area contributed by atoms with Crippen molar-refractivity contribution in [2.75, 3.05) is 19.6 Å². The van der Waals surface area contributed by atoms with Crippen LogP contribution in [0.4, 0.5) is 4.39 Å². The van der Waals surface area contributed by atoms with Crippen molar-refractivity contribution in [2.24, 2.45) is 0 Å². The van der Waals surface area contributed by atoms with E-state index in [0.717, 1.165) is 25.2 Å². The van der Waals surface area contributed by atoms with E-state index in [4.69, 9.17) is 4.42 Å². The Bertz CT molecular complexity index is 563. The Labute approximate surface area is 117 Å². The third-order valence-electron chi connectivity index (χ3n) is 3.70. The maximum atomic E-state index is 12.9. The fourth-order valence-corrected chi connectivity index (χ4v) is 2.34. The summed E-state index contributed by atoms with van der Waals surface area (Å²) >= 11 is 0. The summed E-state index contributed by atoms with van der Waals surface area (Å²) < 4.78 is 18.7. The Morgan fingerprint density at radius 3 is 2.70 bits per heavy atom. The van der Waals surface area contributed by atoms with Crippen molar-refractivity contribution >= 4 is 0 Å². The molecule has 0 radical (unpaired) electrons. The van der Waals surface area contributed by atoms with Crippen LogP contribution in [0, 0.1) is 5.82 Å². The van der Waals surface area contributed by atoms with Gasteiger partial charge in [0.05, 0.1) is 12.7 Å². The van der Waals surface area contributed by atoms with Crippen LogP contribution in [0.15, 0.2) is 34.9 Å². The molecule has 0 saturated carbocycles. The van der Waals surface area contributed by atoms with Gasteiger partial charge in [-0.05, 0) is 30.8 Å². The second-order valence-electron chi connectivity index (χ2n) is 5.00. The number of benzene rings is 1. The monoisotopic (exact) mass is 275 g/mol. The Hall–Kier alpha value is -1.72. The van der Waals surface area contributed by atoms with Gasteiger partial charge in [0.25, 0.3) is 0 Å². The third kappa shape index (κ3) is 2.73. The van der Waals surface area contributed by atoms with Gasteiger partial charge in [-0.1, -0.05) is 6.92 Å². The zero-order chi connectivity index (χ0) is 13.9. The van der Waals surface area contributed by atoms with Crippen molar-refractivity contribution in [1.82, 2.24) is 15.2 Å². The second-order valence-corrected chi connectivity index (χ2v) is 5.00. The van der Waals surface area contributed by atoms with E-state index in [-0.39, 0.29) is 5.82 Å². The van der Waals surface area contributed by atoms with E-state index in [9.17, 15) is 4.39 Å². The third-order valence-corrected chi connectivity index (χ3v) is 3.70. The van der Waals surface area contributed by atoms with Crippen LogP contribution < -0.4 is 5.32 Å². The number of oxazole rings is 1. The topological polar surface area (TPSA) is 41.3 Å². The van der Waals surface area contributed by atoms with Crippen LogP contribution in [0.1, 0.15) is 12.8 Å². The van der Waals surface area contributed by atoms with E-state index in [1.54, 1.807) is 18.3 Å². The first-order chi connectivity index (χ1) is 9.76. The van der Waals surface area contributed by atoms with Gasteiger partial charge in [-0.15, -0.1) is 0 Å². The minimum absolute atomic E-state index is 0.247. The number of hydrogen-bond acceptors (Lipinski definition) is 4. The van der Waals surface area contributed by atoms with Gasteiger partial charge in [-0.2, -0.15) is 0 Å². The Kier molecular flexibility index (Phi) is 3.80. The molecule has 1 saturated heterocycles. The number of rotatable bonds is 5. The number of nitrogens with zero attached hydrogens (tertiary/aromatic N) is 2. The lowest BCUT2D eigenvalue weighted by Gasteiger charge is -2.36. The van der Waals surface area contributed by atoms with Gasteiger partial charge in [0.2, 0.25) is 5.89 Å². The molecule has 2 heterocycles. The predicted octanol–water partition coefficient (Wildman–Crippen LogP) is 2.27. The second kappa shape index (κ2) is 5.73. The highest BCUT2D eigenvalue weighted by Crippen LogP contribution is 2.21. The molecule has 4 nitrogen and oxygen atoms in total. The molecular weight excluding hydrogens is 257 g/mol. The van der Waals surface area contributed by atoms with E-state index in [0.29, 0.717) is 24.2 Å². The lowest BCUT2D eigenvalue weighted by atomic mass is 10.1. The van der Waals surface area contributed by atoms with Gasteiger partial charge in [0.1, 0.15) is 5.82 Å². The van der Waals surface area contributed by atoms with Crippen molar-refractivity contribution < 1.29 is 8.81 Å². The fourth-order valence-electron chi connectivity index (χ4n) is 2.34. The number of halogens is 1. The molecular formula is C15H18FN3O. The minimum Gasteiger partial charge on any atom is -0.439 e. The first kappa shape index (κ1) is 13.3. The molecule has 5 heteroatoms. The van der Waals surface area contributed by atoms with E-state index >= 15 is 0 Å². The summed E-state index contributed by atoms with van der Waals surface area (Å²) in [4.78, 5) is 6.67. The summed E-state index contributed by atoms with van der Waals surface area (Å²) in [6, 6.07) is 6.83. The summed E-state index contributed by atoms with van der Waals surface area (Å²) in [6.45, 7) is 5.88. The minimum atomic E-state index is -0.247. The molecule has 20 heavy (non-hydrogen) atoms. The van der Waals surface area contributed by atoms with Crippen LogP contribution in [0.5, 0.6) is 0 Å². The molecule has 1 N–H and O–H groups in total. The van der Waals surface area contributed by atoms with Crippen LogP contribution in [-0.2, 0) is 6.54 Å². The molecule has 1 fully saturated rings. The number of likely N-dealkylation sites (N-methyl/N-ethyl adjacent to an activating group) is 1. The molecule has 1 aliphatic heterocycles. The first-order valence-electron chi connectivity index (χ1n) is 6.91. The van der Waals surface area contributed by atoms with E-state index in [1.165, 1.54) is 12.1 Å². The fraction of sp³-hybridized carbons (Fsp3) is 0.400. The number of hydrogen-bond donors (Lipinski definition) is 1. The van der Waals surface area contributed by atoms with E-state index in [1.807, 2.05) is 0 Å². The van der Waals surface area contributed by atoms with Crippen LogP contribution in [0.25, 0.3) is 11.3 Å². The lowest BCUT2D eigenvalue weighted by molar-refractivity contribution is 0.133. The van der Waals surface area contributed by atoms with Crippen molar-refractivity contribution in [2.45, 2.75) is 19.5 Å². The summed E-state index contributed by atoms with van der Waals surface area (Å²) in [5, 5.41) is 3.27. The normalized spacial score (nSPS) is 15.6. The van der Waals surface area contributed by atoms with Gasteiger partial charge >= 0.3 is 0 Å². The quantitative estimate of drug-likeness (QED) is 0.909. The highest BCUT2D eigenvalue weighted by atomic mass is 19.1. The number of nitrogens with one attached hydrogen (secondary N) is 1. The first-order valence-corrected chi connectivity index (χ1v) is 6.91. The van der Waals surface area contributed by atoms with Gasteiger partial charge in [0, 0.05) is 24.7 Å². The maximum Gasteiger partial charge on any atom is 0.209 e. The molecule has 0 amide bonds. The zero-order valence-corrected chi connectivity index (χ0v) is 11.5.